The van der Waals surface area contributed by atoms with Gasteiger partial charge in [-0.2, -0.15) is 0 Å². The Labute approximate surface area is 127 Å². The summed E-state index contributed by atoms with van der Waals surface area (Å²) in [4.78, 5) is 9.11. The van der Waals surface area contributed by atoms with E-state index in [9.17, 15) is 0 Å². The molecule has 1 aliphatic carbocycles. The summed E-state index contributed by atoms with van der Waals surface area (Å²) in [5, 5.41) is 0.550. The summed E-state index contributed by atoms with van der Waals surface area (Å²) < 4.78 is 6.55. The third-order valence-electron chi connectivity index (χ3n) is 3.07. The molecule has 0 aromatic carbocycles. The van der Waals surface area contributed by atoms with E-state index in [0.29, 0.717) is 16.9 Å². The quantitative estimate of drug-likeness (QED) is 0.578. The van der Waals surface area contributed by atoms with Crippen LogP contribution in [0.5, 0.6) is 0 Å². The van der Waals surface area contributed by atoms with Crippen molar-refractivity contribution >= 4 is 34.2 Å². The van der Waals surface area contributed by atoms with Crippen molar-refractivity contribution in [3.05, 3.63) is 20.2 Å². The number of halogens is 2. The maximum absolute atomic E-state index is 6.23. The molecule has 1 aromatic heterocycles. The summed E-state index contributed by atoms with van der Waals surface area (Å²) in [7, 11) is 1.70. The third-order valence-corrected chi connectivity index (χ3v) is 4.73. The Balaban J connectivity index is 2.44. The predicted octanol–water partition coefficient (Wildman–Crippen LogP) is 4.35. The monoisotopic (exact) mass is 380 g/mol. The van der Waals surface area contributed by atoms with Crippen LogP contribution in [-0.2, 0) is 4.74 Å². The molecule has 0 radical (unpaired) electrons. The van der Waals surface area contributed by atoms with Crippen molar-refractivity contribution in [3.8, 4) is 0 Å². The van der Waals surface area contributed by atoms with Crippen LogP contribution in [0.25, 0.3) is 0 Å². The van der Waals surface area contributed by atoms with Crippen molar-refractivity contribution in [2.45, 2.75) is 45.6 Å². The molecule has 1 aromatic rings. The number of nitrogens with zero attached hydrogens (tertiary/aromatic N) is 2. The second-order valence-corrected chi connectivity index (χ2v) is 7.26. The van der Waals surface area contributed by atoms with Gasteiger partial charge in [-0.15, -0.1) is 0 Å². The molecule has 1 aliphatic rings. The molecule has 2 rings (SSSR count). The average molecular weight is 381 g/mol. The first-order chi connectivity index (χ1) is 8.34. The van der Waals surface area contributed by atoms with Crippen molar-refractivity contribution in [2.75, 3.05) is 7.11 Å². The fourth-order valence-electron chi connectivity index (χ4n) is 2.04. The molecule has 0 saturated heterocycles. The fourth-order valence-corrected chi connectivity index (χ4v) is 2.91. The lowest BCUT2D eigenvalue weighted by Gasteiger charge is -2.28. The summed E-state index contributed by atoms with van der Waals surface area (Å²) in [6.45, 7) is 6.35. The zero-order valence-corrected chi connectivity index (χ0v) is 14.0. The van der Waals surface area contributed by atoms with Crippen molar-refractivity contribution in [1.29, 1.82) is 0 Å². The lowest BCUT2D eigenvalue weighted by molar-refractivity contribution is 0.00848. The second-order valence-electron chi connectivity index (χ2n) is 5.83. The lowest BCUT2D eigenvalue weighted by atomic mass is 9.88. The molecule has 18 heavy (non-hydrogen) atoms. The highest BCUT2D eigenvalue weighted by molar-refractivity contribution is 14.1. The van der Waals surface area contributed by atoms with Crippen molar-refractivity contribution < 1.29 is 4.74 Å². The fraction of sp³-hybridized carbons (Fsp3) is 0.692. The van der Waals surface area contributed by atoms with Crippen LogP contribution in [0, 0.1) is 8.99 Å². The van der Waals surface area contributed by atoms with Gasteiger partial charge in [0.05, 0.1) is 9.26 Å². The molecular weight excluding hydrogens is 363 g/mol. The Morgan fingerprint density at radius 2 is 1.94 bits per heavy atom. The number of ether oxygens (including phenoxy) is 1. The van der Waals surface area contributed by atoms with E-state index < -0.39 is 0 Å². The standard InChI is InChI=1S/C13H18ClIN2O/c1-13(2,3)10(18-4)12-16-9(7-5-6-7)8(15)11(14)17-12/h7,10H,5-6H2,1-4H3. The highest BCUT2D eigenvalue weighted by atomic mass is 127. The van der Waals surface area contributed by atoms with E-state index in [2.05, 4.69) is 48.3 Å². The minimum Gasteiger partial charge on any atom is -0.373 e. The predicted molar refractivity (Wildman–Crippen MR) is 80.9 cm³/mol. The average Bonchev–Trinajstić information content (AvgIpc) is 3.05. The molecule has 0 bridgehead atoms. The number of hydrogen-bond acceptors (Lipinski definition) is 3. The summed E-state index contributed by atoms with van der Waals surface area (Å²) >= 11 is 8.46. The first-order valence-corrected chi connectivity index (χ1v) is 7.56. The molecule has 1 heterocycles. The van der Waals surface area contributed by atoms with Crippen molar-refractivity contribution in [2.24, 2.45) is 5.41 Å². The molecule has 0 N–H and O–H groups in total. The molecule has 1 atom stereocenters. The SMILES string of the molecule is COC(c1nc(Cl)c(I)c(C2CC2)n1)C(C)(C)C. The van der Waals surface area contributed by atoms with E-state index in [-0.39, 0.29) is 11.5 Å². The number of aromatic nitrogens is 2. The van der Waals surface area contributed by atoms with Crippen LogP contribution in [0.3, 0.4) is 0 Å². The van der Waals surface area contributed by atoms with Crippen LogP contribution in [0.15, 0.2) is 0 Å². The van der Waals surface area contributed by atoms with Crippen molar-refractivity contribution in [3.63, 3.8) is 0 Å². The zero-order valence-electron chi connectivity index (χ0n) is 11.1. The molecule has 1 saturated carbocycles. The normalized spacial score (nSPS) is 17.9. The molecular formula is C13H18ClIN2O. The van der Waals surface area contributed by atoms with Gasteiger partial charge in [-0.1, -0.05) is 32.4 Å². The van der Waals surface area contributed by atoms with E-state index in [1.807, 2.05) is 0 Å². The minimum absolute atomic E-state index is 0.0499. The van der Waals surface area contributed by atoms with Gasteiger partial charge in [0.1, 0.15) is 11.3 Å². The van der Waals surface area contributed by atoms with Crippen LogP contribution < -0.4 is 0 Å². The van der Waals surface area contributed by atoms with E-state index in [0.717, 1.165) is 9.26 Å². The van der Waals surface area contributed by atoms with Crippen LogP contribution in [0.4, 0.5) is 0 Å². The molecule has 100 valence electrons. The van der Waals surface area contributed by atoms with Gasteiger partial charge in [0.15, 0.2) is 5.82 Å². The largest absolute Gasteiger partial charge is 0.373 e. The first kappa shape index (κ1) is 14.5. The molecule has 1 unspecified atom stereocenters. The number of rotatable bonds is 3. The van der Waals surface area contributed by atoms with E-state index >= 15 is 0 Å². The molecule has 5 heteroatoms. The first-order valence-electron chi connectivity index (χ1n) is 6.10. The van der Waals surface area contributed by atoms with Crippen LogP contribution in [0.1, 0.15) is 57.2 Å². The Morgan fingerprint density at radius 3 is 2.39 bits per heavy atom. The van der Waals surface area contributed by atoms with Crippen molar-refractivity contribution in [1.82, 2.24) is 9.97 Å². The highest BCUT2D eigenvalue weighted by Crippen LogP contribution is 2.43. The lowest BCUT2D eigenvalue weighted by Crippen LogP contribution is -2.23. The van der Waals surface area contributed by atoms with E-state index in [1.54, 1.807) is 7.11 Å². The summed E-state index contributed by atoms with van der Waals surface area (Å²) in [5.74, 6) is 1.27. The maximum Gasteiger partial charge on any atom is 0.159 e. The second kappa shape index (κ2) is 5.21. The van der Waals surface area contributed by atoms with Crippen LogP contribution in [0.2, 0.25) is 5.15 Å². The third kappa shape index (κ3) is 2.96. The van der Waals surface area contributed by atoms with Gasteiger partial charge in [-0.05, 0) is 40.8 Å². The molecule has 1 fully saturated rings. The zero-order chi connectivity index (χ0) is 13.5. The number of hydrogen-bond donors (Lipinski definition) is 0. The van der Waals surface area contributed by atoms with Crippen LogP contribution >= 0.6 is 34.2 Å². The Kier molecular flexibility index (Phi) is 4.19. The Hall–Kier alpha value is 0.0600. The summed E-state index contributed by atoms with van der Waals surface area (Å²) in [6.07, 6.45) is 2.27. The topological polar surface area (TPSA) is 35.0 Å². The smallest absolute Gasteiger partial charge is 0.159 e. The molecule has 0 amide bonds. The van der Waals surface area contributed by atoms with Gasteiger partial charge in [0.25, 0.3) is 0 Å². The summed E-state index contributed by atoms with van der Waals surface area (Å²) in [6, 6.07) is 0. The van der Waals surface area contributed by atoms with Gasteiger partial charge in [-0.25, -0.2) is 9.97 Å². The molecule has 0 aliphatic heterocycles. The molecule has 3 nitrogen and oxygen atoms in total. The summed E-state index contributed by atoms with van der Waals surface area (Å²) in [5.41, 5.74) is 1.04. The number of methoxy groups -OCH3 is 1. The van der Waals surface area contributed by atoms with Gasteiger partial charge < -0.3 is 4.74 Å². The molecule has 0 spiro atoms. The van der Waals surface area contributed by atoms with Gasteiger partial charge in [-0.3, -0.25) is 0 Å². The van der Waals surface area contributed by atoms with Crippen LogP contribution in [-0.4, -0.2) is 17.1 Å². The van der Waals surface area contributed by atoms with Gasteiger partial charge in [0, 0.05) is 13.0 Å². The highest BCUT2D eigenvalue weighted by Gasteiger charge is 2.33. The maximum atomic E-state index is 6.23. The van der Waals surface area contributed by atoms with Gasteiger partial charge >= 0.3 is 0 Å². The Bertz CT molecular complexity index is 455. The Morgan fingerprint density at radius 1 is 1.33 bits per heavy atom. The van der Waals surface area contributed by atoms with E-state index in [4.69, 9.17) is 21.3 Å². The van der Waals surface area contributed by atoms with E-state index in [1.165, 1.54) is 12.8 Å². The van der Waals surface area contributed by atoms with Gasteiger partial charge in [0.2, 0.25) is 0 Å². The minimum atomic E-state index is -0.135.